The average molecular weight is 643 g/mol. The van der Waals surface area contributed by atoms with Gasteiger partial charge in [-0.3, -0.25) is 19.2 Å². The zero-order chi connectivity index (χ0) is 31.1. The van der Waals surface area contributed by atoms with Gasteiger partial charge in [0.15, 0.2) is 0 Å². The number of benzene rings is 2. The van der Waals surface area contributed by atoms with E-state index in [0.717, 1.165) is 11.4 Å². The van der Waals surface area contributed by atoms with Gasteiger partial charge >= 0.3 is 12.1 Å². The minimum Gasteiger partial charge on any atom is -0.344 e. The topological polar surface area (TPSA) is 104 Å². The van der Waals surface area contributed by atoms with E-state index in [4.69, 9.17) is 34.8 Å². The summed E-state index contributed by atoms with van der Waals surface area (Å²) in [5.74, 6) is -12.5. The van der Waals surface area contributed by atoms with Crippen LogP contribution in [0.4, 0.5) is 22.0 Å². The molecule has 2 unspecified atom stereocenters. The molecule has 41 heavy (non-hydrogen) atoms. The van der Waals surface area contributed by atoms with Gasteiger partial charge in [-0.2, -0.15) is 22.0 Å². The maximum absolute atomic E-state index is 14.6. The normalized spacial score (nSPS) is 13.5. The Morgan fingerprint density at radius 1 is 0.854 bits per heavy atom. The van der Waals surface area contributed by atoms with Crippen LogP contribution in [0, 0.1) is 5.92 Å². The first-order chi connectivity index (χ1) is 18.9. The number of ketones is 1. The van der Waals surface area contributed by atoms with Gasteiger partial charge in [-0.05, 0) is 53.5 Å². The molecule has 2 aromatic rings. The number of hydrogen-bond donors (Lipinski definition) is 3. The summed E-state index contributed by atoms with van der Waals surface area (Å²) >= 11 is 17.8. The van der Waals surface area contributed by atoms with Crippen molar-refractivity contribution in [2.24, 2.45) is 5.92 Å². The van der Waals surface area contributed by atoms with Crippen LogP contribution in [-0.4, -0.2) is 48.2 Å². The van der Waals surface area contributed by atoms with Crippen LogP contribution in [0.15, 0.2) is 48.5 Å². The van der Waals surface area contributed by atoms with Gasteiger partial charge < -0.3 is 16.0 Å². The van der Waals surface area contributed by atoms with Crippen LogP contribution in [0.3, 0.4) is 0 Å². The maximum Gasteiger partial charge on any atom is 0.405 e. The lowest BCUT2D eigenvalue weighted by Crippen LogP contribution is -2.58. The summed E-state index contributed by atoms with van der Waals surface area (Å²) in [5, 5.41) is 6.29. The minimum absolute atomic E-state index is 0.143. The van der Waals surface area contributed by atoms with E-state index in [9.17, 15) is 41.1 Å². The lowest BCUT2D eigenvalue weighted by Gasteiger charge is -2.27. The molecule has 3 N–H and O–H groups in total. The second-order valence-electron chi connectivity index (χ2n) is 9.00. The molecule has 2 rings (SSSR count). The highest BCUT2D eigenvalue weighted by Crippen LogP contribution is 2.24. The van der Waals surface area contributed by atoms with E-state index >= 15 is 0 Å². The van der Waals surface area contributed by atoms with Crippen molar-refractivity contribution in [3.05, 3.63) is 74.7 Å². The van der Waals surface area contributed by atoms with Crippen LogP contribution in [0.5, 0.6) is 0 Å². The molecule has 15 heteroatoms. The van der Waals surface area contributed by atoms with E-state index in [1.54, 1.807) is 0 Å². The van der Waals surface area contributed by atoms with E-state index in [-0.39, 0.29) is 10.6 Å². The zero-order valence-corrected chi connectivity index (χ0v) is 23.6. The highest BCUT2D eigenvalue weighted by atomic mass is 35.5. The van der Waals surface area contributed by atoms with Gasteiger partial charge in [0.25, 0.3) is 5.91 Å². The Hall–Kier alpha value is -3.22. The quantitative estimate of drug-likeness (QED) is 0.170. The number of amides is 3. The fraction of sp³-hybridized carbons (Fsp3) is 0.308. The summed E-state index contributed by atoms with van der Waals surface area (Å²) in [7, 11) is 0. The largest absolute Gasteiger partial charge is 0.405 e. The number of carbonyl (C=O) groups is 4. The Morgan fingerprint density at radius 2 is 1.41 bits per heavy atom. The molecule has 0 bridgehead atoms. The number of carbonyl (C=O) groups excluding carboxylic acids is 4. The number of rotatable bonds is 11. The summed E-state index contributed by atoms with van der Waals surface area (Å²) in [4.78, 5) is 50.3. The van der Waals surface area contributed by atoms with Gasteiger partial charge in [-0.1, -0.05) is 60.8 Å². The van der Waals surface area contributed by atoms with Crippen LogP contribution in [-0.2, 0) is 19.2 Å². The minimum atomic E-state index is -5.00. The molecule has 0 aliphatic carbocycles. The Labute approximate surface area is 246 Å². The molecule has 0 saturated carbocycles. The second kappa shape index (κ2) is 14.1. The summed E-state index contributed by atoms with van der Waals surface area (Å²) in [5.41, 5.74) is 0.589. The third-order valence-corrected chi connectivity index (χ3v) is 6.04. The molecule has 0 aromatic heterocycles. The van der Waals surface area contributed by atoms with Gasteiger partial charge in [0.1, 0.15) is 12.6 Å². The van der Waals surface area contributed by atoms with Crippen molar-refractivity contribution in [1.29, 1.82) is 0 Å². The van der Waals surface area contributed by atoms with E-state index in [1.165, 1.54) is 62.4 Å². The summed E-state index contributed by atoms with van der Waals surface area (Å²) < 4.78 is 66.2. The Balaban J connectivity index is 2.30. The van der Waals surface area contributed by atoms with E-state index in [2.05, 4.69) is 10.6 Å². The molecule has 0 aliphatic heterocycles. The van der Waals surface area contributed by atoms with Crippen molar-refractivity contribution in [3.63, 3.8) is 0 Å². The van der Waals surface area contributed by atoms with Crippen LogP contribution >= 0.6 is 34.8 Å². The van der Waals surface area contributed by atoms with Crippen molar-refractivity contribution in [2.75, 3.05) is 6.54 Å². The summed E-state index contributed by atoms with van der Waals surface area (Å²) in [6.45, 7) is 0.440. The Morgan fingerprint density at radius 3 is 1.93 bits per heavy atom. The van der Waals surface area contributed by atoms with Crippen LogP contribution in [0.25, 0.3) is 6.08 Å². The van der Waals surface area contributed by atoms with Gasteiger partial charge in [-0.25, -0.2) is 0 Å². The molecule has 2 aromatic carbocycles. The van der Waals surface area contributed by atoms with Crippen molar-refractivity contribution in [2.45, 2.75) is 38.0 Å². The molecule has 222 valence electrons. The first-order valence-corrected chi connectivity index (χ1v) is 12.8. The predicted octanol–water partition coefficient (Wildman–Crippen LogP) is 5.54. The molecule has 0 aliphatic rings. The molecule has 0 saturated heterocycles. The molecule has 0 fully saturated rings. The van der Waals surface area contributed by atoms with Gasteiger partial charge in [0.05, 0.1) is 6.04 Å². The zero-order valence-electron chi connectivity index (χ0n) is 21.3. The highest BCUT2D eigenvalue weighted by Gasteiger charge is 2.52. The fourth-order valence-electron chi connectivity index (χ4n) is 3.36. The summed E-state index contributed by atoms with van der Waals surface area (Å²) in [6, 6.07) is 6.40. The molecule has 3 amide bonds. The number of hydrogen-bond acceptors (Lipinski definition) is 4. The Kier molecular flexibility index (Phi) is 11.7. The van der Waals surface area contributed by atoms with Crippen LogP contribution < -0.4 is 16.0 Å². The third-order valence-electron chi connectivity index (χ3n) is 5.36. The van der Waals surface area contributed by atoms with Crippen molar-refractivity contribution in [3.8, 4) is 0 Å². The first kappa shape index (κ1) is 34.0. The SMILES string of the molecule is CC(C)C(NC(=O)C(NC(=O)C=Cc1cc(Cl)cc(Cl)c1)c1ccc(Cl)cc1)C(=O)C(F)(F)C(=O)NCC(F)(F)F. The Bertz CT molecular complexity index is 1300. The van der Waals surface area contributed by atoms with Crippen LogP contribution in [0.2, 0.25) is 15.1 Å². The molecular formula is C26H23Cl3F5N3O4. The standard InChI is InChI=1S/C26H23Cl3F5N3O4/c1-13(2)20(22(39)26(33,34)24(41)35-12-25(30,31)32)37-23(40)21(15-4-6-16(27)7-5-15)36-19(38)8-3-14-9-17(28)11-18(29)10-14/h3-11,13,20-21H,12H2,1-2H3,(H,35,41)(H,36,38)(H,37,40). The lowest BCUT2D eigenvalue weighted by atomic mass is 9.94. The number of Topliss-reactive ketones (excluding diaryl/α,β-unsaturated/α-hetero) is 1. The molecular weight excluding hydrogens is 620 g/mol. The monoisotopic (exact) mass is 641 g/mol. The number of alkyl halides is 5. The molecule has 2 atom stereocenters. The lowest BCUT2D eigenvalue weighted by molar-refractivity contribution is -0.165. The van der Waals surface area contributed by atoms with E-state index in [0.29, 0.717) is 15.6 Å². The smallest absolute Gasteiger partial charge is 0.344 e. The maximum atomic E-state index is 14.6. The fourth-order valence-corrected chi connectivity index (χ4v) is 4.03. The molecule has 7 nitrogen and oxygen atoms in total. The average Bonchev–Trinajstić information content (AvgIpc) is 2.86. The second-order valence-corrected chi connectivity index (χ2v) is 10.3. The number of halogens is 8. The van der Waals surface area contributed by atoms with E-state index in [1.807, 2.05) is 0 Å². The van der Waals surface area contributed by atoms with Gasteiger partial charge in [-0.15, -0.1) is 0 Å². The predicted molar refractivity (Wildman–Crippen MR) is 144 cm³/mol. The molecule has 0 spiro atoms. The van der Waals surface area contributed by atoms with Crippen molar-refractivity contribution < 1.29 is 41.1 Å². The highest BCUT2D eigenvalue weighted by molar-refractivity contribution is 6.34. The molecule has 0 heterocycles. The third kappa shape index (κ3) is 10.3. The van der Waals surface area contributed by atoms with Crippen LogP contribution in [0.1, 0.15) is 31.0 Å². The van der Waals surface area contributed by atoms with Gasteiger partial charge in [0, 0.05) is 21.1 Å². The molecule has 0 radical (unpaired) electrons. The van der Waals surface area contributed by atoms with E-state index < -0.39 is 60.1 Å². The van der Waals surface area contributed by atoms with Crippen molar-refractivity contribution >= 4 is 64.4 Å². The summed E-state index contributed by atoms with van der Waals surface area (Å²) in [6.07, 6.45) is -2.62. The van der Waals surface area contributed by atoms with Gasteiger partial charge in [0.2, 0.25) is 17.6 Å². The number of nitrogens with one attached hydrogen (secondary N) is 3. The van der Waals surface area contributed by atoms with Crippen molar-refractivity contribution in [1.82, 2.24) is 16.0 Å². The first-order valence-electron chi connectivity index (χ1n) is 11.7.